The summed E-state index contributed by atoms with van der Waals surface area (Å²) in [5, 5.41) is 5.37. The summed E-state index contributed by atoms with van der Waals surface area (Å²) in [5.41, 5.74) is 4.44. The number of hydrogen-bond acceptors (Lipinski definition) is 6. The van der Waals surface area contributed by atoms with Crippen molar-refractivity contribution in [3.05, 3.63) is 30.2 Å². The maximum Gasteiger partial charge on any atom is 0.348 e. The lowest BCUT2D eigenvalue weighted by Crippen LogP contribution is -2.55. The number of amides is 2. The van der Waals surface area contributed by atoms with Crippen molar-refractivity contribution >= 4 is 28.7 Å². The van der Waals surface area contributed by atoms with E-state index >= 15 is 0 Å². The molecule has 0 atom stereocenters. The van der Waals surface area contributed by atoms with Crippen LogP contribution in [0.4, 0.5) is 4.79 Å². The number of fused-ring (bicyclic) bond motifs is 2. The molecule has 22 heavy (non-hydrogen) atoms. The van der Waals surface area contributed by atoms with Gasteiger partial charge in [-0.3, -0.25) is 9.89 Å². The van der Waals surface area contributed by atoms with Gasteiger partial charge in [-0.1, -0.05) is 18.1 Å². The Hall–Kier alpha value is -3.34. The fraction of sp³-hybridized carbons (Fsp3) is 0.143. The quantitative estimate of drug-likeness (QED) is 0.829. The van der Waals surface area contributed by atoms with Gasteiger partial charge in [0.1, 0.15) is 18.7 Å². The van der Waals surface area contributed by atoms with E-state index in [-0.39, 0.29) is 19.2 Å². The fourth-order valence-electron chi connectivity index (χ4n) is 2.30. The van der Waals surface area contributed by atoms with Gasteiger partial charge in [-0.2, -0.15) is 0 Å². The fourth-order valence-corrected chi connectivity index (χ4v) is 2.30. The van der Waals surface area contributed by atoms with Gasteiger partial charge in [0.25, 0.3) is 0 Å². The Morgan fingerprint density at radius 3 is 3.09 bits per heavy atom. The second kappa shape index (κ2) is 4.60. The number of hydrazine groups is 1. The third kappa shape index (κ3) is 1.73. The molecule has 8 heteroatoms. The van der Waals surface area contributed by atoms with Crippen LogP contribution >= 0.6 is 0 Å². The van der Waals surface area contributed by atoms with E-state index in [2.05, 4.69) is 26.5 Å². The monoisotopic (exact) mass is 294 g/mol. The summed E-state index contributed by atoms with van der Waals surface area (Å²) in [6.07, 6.45) is 5.22. The van der Waals surface area contributed by atoms with Crippen LogP contribution in [0.3, 0.4) is 0 Å². The van der Waals surface area contributed by atoms with E-state index in [0.717, 1.165) is 5.52 Å². The molecule has 0 aliphatic carbocycles. The first kappa shape index (κ1) is 12.4. The molecular formula is C14H10N6O2. The molecule has 0 fully saturated rings. The van der Waals surface area contributed by atoms with E-state index in [4.69, 9.17) is 10.8 Å². The molecule has 2 aliphatic heterocycles. The first-order chi connectivity index (χ1) is 10.8. The van der Waals surface area contributed by atoms with Crippen LogP contribution < -0.4 is 5.53 Å². The maximum atomic E-state index is 12.2. The minimum Gasteiger partial charge on any atom is -0.435 e. The lowest BCUT2D eigenvalue weighted by Gasteiger charge is -2.29. The Morgan fingerprint density at radius 2 is 2.27 bits per heavy atom. The van der Waals surface area contributed by atoms with Crippen LogP contribution in [0.2, 0.25) is 0 Å². The number of benzene rings is 1. The predicted molar refractivity (Wildman–Crippen MR) is 78.8 cm³/mol. The predicted octanol–water partition coefficient (Wildman–Crippen LogP) is 0.777. The van der Waals surface area contributed by atoms with E-state index in [9.17, 15) is 4.79 Å². The Morgan fingerprint density at radius 1 is 1.41 bits per heavy atom. The van der Waals surface area contributed by atoms with E-state index in [1.807, 2.05) is 24.3 Å². The minimum absolute atomic E-state index is 0.115. The summed E-state index contributed by atoms with van der Waals surface area (Å²) in [4.78, 5) is 22.3. The number of terminal acetylenes is 1. The van der Waals surface area contributed by atoms with Crippen LogP contribution in [0, 0.1) is 12.3 Å². The minimum atomic E-state index is -0.308. The van der Waals surface area contributed by atoms with Gasteiger partial charge in [0.05, 0.1) is 0 Å². The molecule has 4 rings (SSSR count). The van der Waals surface area contributed by atoms with Crippen LogP contribution in [0.15, 0.2) is 38.8 Å². The molecule has 0 bridgehead atoms. The molecule has 8 nitrogen and oxygen atoms in total. The first-order valence-corrected chi connectivity index (χ1v) is 6.54. The lowest BCUT2D eigenvalue weighted by atomic mass is 10.3. The second-order valence-electron chi connectivity index (χ2n) is 4.67. The Balaban J connectivity index is 1.70. The summed E-state index contributed by atoms with van der Waals surface area (Å²) in [7, 11) is 0. The maximum absolute atomic E-state index is 12.2. The number of nitrogens with one attached hydrogen (secondary N) is 1. The van der Waals surface area contributed by atoms with Gasteiger partial charge in [-0.15, -0.1) is 11.5 Å². The number of nitrogens with zero attached hydrogens (tertiary/aromatic N) is 5. The van der Waals surface area contributed by atoms with Crippen LogP contribution in [0.25, 0.3) is 11.1 Å². The smallest absolute Gasteiger partial charge is 0.348 e. The Kier molecular flexibility index (Phi) is 2.59. The Labute approximate surface area is 125 Å². The SMILES string of the molecule is C#CCN1NN=C2C(c3nc4ccccc4o3)=NCN2C1=O. The third-order valence-corrected chi connectivity index (χ3v) is 3.32. The molecule has 1 aromatic carbocycles. The number of carbonyl (C=O) groups excluding carboxylic acids is 1. The highest BCUT2D eigenvalue weighted by molar-refractivity contribution is 6.49. The topological polar surface area (TPSA) is 86.3 Å². The standard InChI is InChI=1S/C14H10N6O2/c1-2-7-20-14(21)19-8-15-11(12(19)17-18-20)13-16-9-5-3-4-6-10(9)22-13/h1,3-6,18H,7-8H2. The number of aromatic nitrogens is 1. The van der Waals surface area contributed by atoms with Crippen molar-refractivity contribution in [2.24, 2.45) is 10.1 Å². The van der Waals surface area contributed by atoms with E-state index in [0.29, 0.717) is 23.0 Å². The molecular weight excluding hydrogens is 284 g/mol. The molecule has 2 amide bonds. The molecule has 0 spiro atoms. The number of amidine groups is 1. The van der Waals surface area contributed by atoms with E-state index in [1.165, 1.54) is 9.91 Å². The zero-order chi connectivity index (χ0) is 15.1. The van der Waals surface area contributed by atoms with Gasteiger partial charge < -0.3 is 4.42 Å². The molecule has 108 valence electrons. The largest absolute Gasteiger partial charge is 0.435 e. The molecule has 0 saturated carbocycles. The van der Waals surface area contributed by atoms with Crippen LogP contribution in [-0.4, -0.2) is 45.7 Å². The zero-order valence-corrected chi connectivity index (χ0v) is 11.4. The number of hydrazone groups is 1. The van der Waals surface area contributed by atoms with Crippen molar-refractivity contribution in [2.75, 3.05) is 13.2 Å². The molecule has 0 saturated heterocycles. The normalized spacial score (nSPS) is 17.0. The molecule has 2 aromatic rings. The number of urea groups is 1. The van der Waals surface area contributed by atoms with Gasteiger partial charge >= 0.3 is 6.03 Å². The van der Waals surface area contributed by atoms with Crippen molar-refractivity contribution in [3.8, 4) is 12.3 Å². The Bertz CT molecular complexity index is 842. The number of rotatable bonds is 2. The molecule has 0 radical (unpaired) electrons. The van der Waals surface area contributed by atoms with Gasteiger partial charge in [-0.25, -0.2) is 20.3 Å². The van der Waals surface area contributed by atoms with Crippen molar-refractivity contribution in [2.45, 2.75) is 0 Å². The number of carbonyl (C=O) groups is 1. The number of hydrogen-bond donors (Lipinski definition) is 1. The second-order valence-corrected chi connectivity index (χ2v) is 4.67. The van der Waals surface area contributed by atoms with Crippen LogP contribution in [-0.2, 0) is 0 Å². The molecule has 3 heterocycles. The van der Waals surface area contributed by atoms with E-state index in [1.54, 1.807) is 0 Å². The highest BCUT2D eigenvalue weighted by atomic mass is 16.3. The summed E-state index contributed by atoms with van der Waals surface area (Å²) < 4.78 is 5.68. The molecule has 1 aromatic heterocycles. The number of oxazole rings is 1. The lowest BCUT2D eigenvalue weighted by molar-refractivity contribution is 0.151. The molecule has 2 aliphatic rings. The van der Waals surface area contributed by atoms with Gasteiger partial charge in [0.15, 0.2) is 17.1 Å². The number of aliphatic imine (C=N–C) groups is 1. The van der Waals surface area contributed by atoms with Crippen LogP contribution in [0.1, 0.15) is 5.89 Å². The van der Waals surface area contributed by atoms with Crippen LogP contribution in [0.5, 0.6) is 0 Å². The van der Waals surface area contributed by atoms with Crippen molar-refractivity contribution in [1.82, 2.24) is 20.4 Å². The number of para-hydroxylation sites is 2. The van der Waals surface area contributed by atoms with Gasteiger partial charge in [0, 0.05) is 0 Å². The first-order valence-electron chi connectivity index (χ1n) is 6.54. The van der Waals surface area contributed by atoms with Crippen molar-refractivity contribution in [1.29, 1.82) is 0 Å². The summed E-state index contributed by atoms with van der Waals surface area (Å²) >= 11 is 0. The highest BCUT2D eigenvalue weighted by Crippen LogP contribution is 2.20. The van der Waals surface area contributed by atoms with Gasteiger partial charge in [0.2, 0.25) is 5.89 Å². The summed E-state index contributed by atoms with van der Waals surface area (Å²) in [5.74, 6) is 3.10. The van der Waals surface area contributed by atoms with Crippen molar-refractivity contribution in [3.63, 3.8) is 0 Å². The average Bonchev–Trinajstić information content (AvgIpc) is 3.13. The third-order valence-electron chi connectivity index (χ3n) is 3.32. The molecule has 0 unspecified atom stereocenters. The van der Waals surface area contributed by atoms with Crippen molar-refractivity contribution < 1.29 is 9.21 Å². The zero-order valence-electron chi connectivity index (χ0n) is 11.4. The molecule has 1 N–H and O–H groups in total. The summed E-state index contributed by atoms with van der Waals surface area (Å²) in [6, 6.07) is 7.09. The highest BCUT2D eigenvalue weighted by Gasteiger charge is 2.38. The van der Waals surface area contributed by atoms with Gasteiger partial charge in [-0.05, 0) is 12.1 Å². The summed E-state index contributed by atoms with van der Waals surface area (Å²) in [6.45, 7) is 0.277. The van der Waals surface area contributed by atoms with E-state index < -0.39 is 0 Å². The average molecular weight is 294 g/mol.